The monoisotopic (exact) mass is 255 g/mol. The summed E-state index contributed by atoms with van der Waals surface area (Å²) in [5, 5.41) is 3.62. The number of thiophene rings is 1. The van der Waals surface area contributed by atoms with Crippen LogP contribution in [-0.4, -0.2) is 20.3 Å². The molecule has 0 saturated carbocycles. The molecule has 1 unspecified atom stereocenters. The van der Waals surface area contributed by atoms with Gasteiger partial charge in [0.2, 0.25) is 0 Å². The Morgan fingerprint density at radius 1 is 1.41 bits per heavy atom. The van der Waals surface area contributed by atoms with Crippen molar-refractivity contribution in [1.82, 2.24) is 5.32 Å². The van der Waals surface area contributed by atoms with Crippen molar-refractivity contribution in [3.63, 3.8) is 0 Å². The molecule has 0 saturated heterocycles. The molecule has 1 rings (SSSR count). The van der Waals surface area contributed by atoms with Crippen molar-refractivity contribution in [3.8, 4) is 0 Å². The molecule has 3 heteroatoms. The molecule has 1 aromatic rings. The van der Waals surface area contributed by atoms with Crippen LogP contribution in [0, 0.1) is 12.3 Å². The van der Waals surface area contributed by atoms with E-state index in [1.165, 1.54) is 9.75 Å². The van der Waals surface area contributed by atoms with Gasteiger partial charge in [0, 0.05) is 36.1 Å². The Balaban J connectivity index is 2.39. The maximum Gasteiger partial charge on any atom is 0.0467 e. The minimum atomic E-state index is 0.288. The van der Waals surface area contributed by atoms with Crippen LogP contribution in [0.3, 0.4) is 0 Å². The second-order valence-corrected chi connectivity index (χ2v) is 6.78. The van der Waals surface area contributed by atoms with E-state index in [0.29, 0.717) is 6.04 Å². The second kappa shape index (κ2) is 6.53. The van der Waals surface area contributed by atoms with Gasteiger partial charge in [-0.1, -0.05) is 13.8 Å². The molecule has 17 heavy (non-hydrogen) atoms. The Labute approximate surface area is 109 Å². The van der Waals surface area contributed by atoms with Gasteiger partial charge in [-0.05, 0) is 37.8 Å². The van der Waals surface area contributed by atoms with E-state index in [9.17, 15) is 0 Å². The molecule has 0 bridgehead atoms. The first-order chi connectivity index (χ1) is 7.94. The summed E-state index contributed by atoms with van der Waals surface area (Å²) >= 11 is 1.88. The molecule has 1 heterocycles. The standard InChI is InChI=1S/C14H25NOS/c1-11-6-7-13(17-11)12(2)15-10-14(3,4)8-9-16-5/h6-7,12,15H,8-10H2,1-5H3. The summed E-state index contributed by atoms with van der Waals surface area (Å²) in [6, 6.07) is 4.85. The lowest BCUT2D eigenvalue weighted by Crippen LogP contribution is -2.31. The summed E-state index contributed by atoms with van der Waals surface area (Å²) in [4.78, 5) is 2.80. The Bertz CT molecular complexity index is 333. The number of hydrogen-bond donors (Lipinski definition) is 1. The fraction of sp³-hybridized carbons (Fsp3) is 0.714. The molecular formula is C14H25NOS. The third-order valence-electron chi connectivity index (χ3n) is 3.06. The molecular weight excluding hydrogens is 230 g/mol. The Kier molecular flexibility index (Phi) is 5.63. The van der Waals surface area contributed by atoms with Crippen molar-refractivity contribution >= 4 is 11.3 Å². The zero-order valence-corrected chi connectivity index (χ0v) is 12.5. The largest absolute Gasteiger partial charge is 0.385 e. The van der Waals surface area contributed by atoms with Crippen molar-refractivity contribution in [1.29, 1.82) is 0 Å². The van der Waals surface area contributed by atoms with E-state index >= 15 is 0 Å². The van der Waals surface area contributed by atoms with Crippen LogP contribution >= 0.6 is 11.3 Å². The fourth-order valence-corrected chi connectivity index (χ4v) is 2.59. The highest BCUT2D eigenvalue weighted by Gasteiger charge is 2.19. The van der Waals surface area contributed by atoms with E-state index < -0.39 is 0 Å². The first-order valence-corrected chi connectivity index (χ1v) is 7.05. The zero-order valence-electron chi connectivity index (χ0n) is 11.7. The number of nitrogens with one attached hydrogen (secondary N) is 1. The zero-order chi connectivity index (χ0) is 12.9. The number of rotatable bonds is 7. The van der Waals surface area contributed by atoms with Crippen molar-refractivity contribution < 1.29 is 4.74 Å². The van der Waals surface area contributed by atoms with E-state index in [-0.39, 0.29) is 5.41 Å². The molecule has 0 aliphatic carbocycles. The van der Waals surface area contributed by atoms with E-state index in [0.717, 1.165) is 19.6 Å². The summed E-state index contributed by atoms with van der Waals surface area (Å²) < 4.78 is 5.15. The minimum Gasteiger partial charge on any atom is -0.385 e. The lowest BCUT2D eigenvalue weighted by Gasteiger charge is -2.26. The van der Waals surface area contributed by atoms with Crippen LogP contribution in [0.15, 0.2) is 12.1 Å². The number of ether oxygens (including phenoxy) is 1. The van der Waals surface area contributed by atoms with Gasteiger partial charge < -0.3 is 10.1 Å². The lowest BCUT2D eigenvalue weighted by molar-refractivity contribution is 0.149. The second-order valence-electron chi connectivity index (χ2n) is 5.46. The maximum absolute atomic E-state index is 5.15. The Hall–Kier alpha value is -0.380. The van der Waals surface area contributed by atoms with Crippen molar-refractivity contribution in [2.24, 2.45) is 5.41 Å². The molecule has 98 valence electrons. The van der Waals surface area contributed by atoms with Gasteiger partial charge in [-0.15, -0.1) is 11.3 Å². The molecule has 0 fully saturated rings. The Morgan fingerprint density at radius 2 is 2.12 bits per heavy atom. The topological polar surface area (TPSA) is 21.3 Å². The molecule has 2 nitrogen and oxygen atoms in total. The van der Waals surface area contributed by atoms with Gasteiger partial charge in [-0.25, -0.2) is 0 Å². The van der Waals surface area contributed by atoms with E-state index in [1.54, 1.807) is 7.11 Å². The smallest absolute Gasteiger partial charge is 0.0467 e. The quantitative estimate of drug-likeness (QED) is 0.801. The van der Waals surface area contributed by atoms with Crippen LogP contribution in [0.1, 0.15) is 43.0 Å². The first-order valence-electron chi connectivity index (χ1n) is 6.23. The maximum atomic E-state index is 5.15. The number of aryl methyl sites for hydroxylation is 1. The summed E-state index contributed by atoms with van der Waals surface area (Å²) in [6.07, 6.45) is 1.09. The first kappa shape index (κ1) is 14.7. The summed E-state index contributed by atoms with van der Waals surface area (Å²) in [5.41, 5.74) is 0.288. The average molecular weight is 255 g/mol. The van der Waals surface area contributed by atoms with Gasteiger partial charge in [0.25, 0.3) is 0 Å². The summed E-state index contributed by atoms with van der Waals surface area (Å²) in [6.45, 7) is 10.8. The van der Waals surface area contributed by atoms with Crippen LogP contribution in [0.5, 0.6) is 0 Å². The Morgan fingerprint density at radius 3 is 2.65 bits per heavy atom. The van der Waals surface area contributed by atoms with Gasteiger partial charge in [-0.3, -0.25) is 0 Å². The number of methoxy groups -OCH3 is 1. The third kappa shape index (κ3) is 5.19. The predicted molar refractivity (Wildman–Crippen MR) is 75.7 cm³/mol. The molecule has 0 amide bonds. The molecule has 0 aliphatic heterocycles. The van der Waals surface area contributed by atoms with Crippen LogP contribution in [-0.2, 0) is 4.74 Å². The normalized spacial score (nSPS) is 13.9. The van der Waals surface area contributed by atoms with E-state index in [1.807, 2.05) is 11.3 Å². The minimum absolute atomic E-state index is 0.288. The summed E-state index contributed by atoms with van der Waals surface area (Å²) in [7, 11) is 1.76. The van der Waals surface area contributed by atoms with Crippen LogP contribution in [0.4, 0.5) is 0 Å². The van der Waals surface area contributed by atoms with E-state index in [2.05, 4.69) is 45.1 Å². The molecule has 1 aromatic heterocycles. The predicted octanol–water partition coefficient (Wildman–Crippen LogP) is 3.77. The fourth-order valence-electron chi connectivity index (χ4n) is 1.68. The van der Waals surface area contributed by atoms with Crippen molar-refractivity contribution in [2.75, 3.05) is 20.3 Å². The third-order valence-corrected chi connectivity index (χ3v) is 4.24. The molecule has 0 aliphatic rings. The SMILES string of the molecule is COCCC(C)(C)CNC(C)c1ccc(C)s1. The van der Waals surface area contributed by atoms with Crippen LogP contribution in [0.25, 0.3) is 0 Å². The highest BCUT2D eigenvalue weighted by Crippen LogP contribution is 2.24. The van der Waals surface area contributed by atoms with E-state index in [4.69, 9.17) is 4.74 Å². The molecule has 0 spiro atoms. The van der Waals surface area contributed by atoms with Crippen molar-refractivity contribution in [3.05, 3.63) is 21.9 Å². The van der Waals surface area contributed by atoms with Gasteiger partial charge in [0.1, 0.15) is 0 Å². The van der Waals surface area contributed by atoms with Crippen molar-refractivity contribution in [2.45, 2.75) is 40.2 Å². The van der Waals surface area contributed by atoms with Gasteiger partial charge >= 0.3 is 0 Å². The highest BCUT2D eigenvalue weighted by molar-refractivity contribution is 7.12. The molecule has 1 N–H and O–H groups in total. The van der Waals surface area contributed by atoms with Gasteiger partial charge in [0.15, 0.2) is 0 Å². The van der Waals surface area contributed by atoms with Crippen LogP contribution < -0.4 is 5.32 Å². The van der Waals surface area contributed by atoms with Gasteiger partial charge in [-0.2, -0.15) is 0 Å². The number of hydrogen-bond acceptors (Lipinski definition) is 3. The van der Waals surface area contributed by atoms with Crippen LogP contribution in [0.2, 0.25) is 0 Å². The summed E-state index contributed by atoms with van der Waals surface area (Å²) in [5.74, 6) is 0. The molecule has 0 aromatic carbocycles. The lowest BCUT2D eigenvalue weighted by atomic mass is 9.89. The van der Waals surface area contributed by atoms with Gasteiger partial charge in [0.05, 0.1) is 0 Å². The average Bonchev–Trinajstić information content (AvgIpc) is 2.70. The highest BCUT2D eigenvalue weighted by atomic mass is 32.1. The molecule has 0 radical (unpaired) electrons. The molecule has 1 atom stereocenters.